The molecule has 0 amide bonds. The van der Waals surface area contributed by atoms with Gasteiger partial charge in [0.2, 0.25) is 0 Å². The van der Waals surface area contributed by atoms with Gasteiger partial charge in [0.1, 0.15) is 12.8 Å². The van der Waals surface area contributed by atoms with E-state index in [2.05, 4.69) is 36.0 Å². The van der Waals surface area contributed by atoms with Gasteiger partial charge in [-0.2, -0.15) is 0 Å². The average Bonchev–Trinajstić information content (AvgIpc) is 2.63. The van der Waals surface area contributed by atoms with Gasteiger partial charge in [0.05, 0.1) is 33.1 Å². The molecule has 0 N–H and O–H groups in total. The number of fused-ring (bicyclic) bond motifs is 1. The van der Waals surface area contributed by atoms with E-state index >= 15 is 0 Å². The maximum atomic E-state index is 5.47. The van der Waals surface area contributed by atoms with Gasteiger partial charge in [0.15, 0.2) is 23.4 Å². The third kappa shape index (κ3) is 3.98. The Morgan fingerprint density at radius 1 is 0.840 bits per heavy atom. The predicted octanol–water partition coefficient (Wildman–Crippen LogP) is 0.285. The molecule has 0 aliphatic rings. The van der Waals surface area contributed by atoms with Crippen LogP contribution in [0.25, 0.3) is 10.8 Å². The number of hydrogen-bond donors (Lipinski definition) is 0. The first kappa shape index (κ1) is 19.3. The van der Waals surface area contributed by atoms with Crippen LogP contribution in [-0.4, -0.2) is 21.3 Å². The summed E-state index contributed by atoms with van der Waals surface area (Å²) in [5.74, 6) is 2.36. The molecule has 0 radical (unpaired) electrons. The Hall–Kier alpha value is -2.02. The zero-order valence-electron chi connectivity index (χ0n) is 14.9. The Balaban J connectivity index is 0.00000225. The molecule has 0 fully saturated rings. The number of rotatable bonds is 5. The van der Waals surface area contributed by atoms with Gasteiger partial charge in [-0.05, 0) is 35.2 Å². The Morgan fingerprint density at radius 3 is 2.08 bits per heavy atom. The minimum Gasteiger partial charge on any atom is -1.00 e. The summed E-state index contributed by atoms with van der Waals surface area (Å²) in [5, 5.41) is 2.29. The van der Waals surface area contributed by atoms with E-state index in [1.54, 1.807) is 21.3 Å². The first-order valence-corrected chi connectivity index (χ1v) is 7.82. The lowest BCUT2D eigenvalue weighted by molar-refractivity contribution is -0.677. The van der Waals surface area contributed by atoms with Gasteiger partial charge in [-0.1, -0.05) is 12.1 Å². The van der Waals surface area contributed by atoms with Gasteiger partial charge < -0.3 is 38.2 Å². The van der Waals surface area contributed by atoms with E-state index in [1.165, 1.54) is 11.3 Å². The van der Waals surface area contributed by atoms with Crippen molar-refractivity contribution in [3.63, 3.8) is 0 Å². The van der Waals surface area contributed by atoms with E-state index in [4.69, 9.17) is 14.2 Å². The van der Waals surface area contributed by atoms with Crippen LogP contribution in [-0.2, 0) is 13.5 Å². The van der Waals surface area contributed by atoms with Crippen LogP contribution in [0.4, 0.5) is 0 Å². The van der Waals surface area contributed by atoms with Gasteiger partial charge in [-0.25, -0.2) is 4.57 Å². The van der Waals surface area contributed by atoms with Crippen LogP contribution in [0.5, 0.6) is 17.2 Å². The van der Waals surface area contributed by atoms with Crippen molar-refractivity contribution in [3.8, 4) is 17.2 Å². The topological polar surface area (TPSA) is 31.6 Å². The molecule has 0 saturated carbocycles. The van der Waals surface area contributed by atoms with E-state index in [9.17, 15) is 0 Å². The Morgan fingerprint density at radius 2 is 1.48 bits per heavy atom. The van der Waals surface area contributed by atoms with E-state index in [0.29, 0.717) is 0 Å². The number of nitrogens with zero attached hydrogens (tertiary/aromatic N) is 1. The highest BCUT2D eigenvalue weighted by atomic mass is 127. The highest BCUT2D eigenvalue weighted by Crippen LogP contribution is 2.33. The van der Waals surface area contributed by atoms with Crippen molar-refractivity contribution >= 4 is 10.8 Å². The summed E-state index contributed by atoms with van der Waals surface area (Å²) < 4.78 is 18.3. The monoisotopic (exact) mass is 451 g/mol. The first-order chi connectivity index (χ1) is 11.7. The normalized spacial score (nSPS) is 10.2. The number of benzene rings is 2. The molecule has 3 aromatic rings. The summed E-state index contributed by atoms with van der Waals surface area (Å²) in [7, 11) is 7.06. The maximum absolute atomic E-state index is 5.47. The molecule has 0 spiro atoms. The van der Waals surface area contributed by atoms with Crippen molar-refractivity contribution < 1.29 is 42.8 Å². The van der Waals surface area contributed by atoms with Crippen molar-refractivity contribution in [3.05, 3.63) is 59.9 Å². The molecular weight excluding hydrogens is 429 g/mol. The zero-order valence-corrected chi connectivity index (χ0v) is 17.0. The van der Waals surface area contributed by atoms with Crippen molar-refractivity contribution in [2.45, 2.75) is 6.42 Å². The van der Waals surface area contributed by atoms with E-state index in [1.807, 2.05) is 24.3 Å². The number of methoxy groups -OCH3 is 3. The summed E-state index contributed by atoms with van der Waals surface area (Å²) >= 11 is 0. The van der Waals surface area contributed by atoms with Gasteiger partial charge >= 0.3 is 0 Å². The lowest BCUT2D eigenvalue weighted by Crippen LogP contribution is -3.00. The van der Waals surface area contributed by atoms with Crippen LogP contribution in [0.3, 0.4) is 0 Å². The van der Waals surface area contributed by atoms with E-state index in [-0.39, 0.29) is 24.0 Å². The second-order valence-electron chi connectivity index (χ2n) is 5.69. The standard InChI is InChI=1S/C20H22NO3.HI/c1-21-10-9-15-12-19(23-3)20(24-4)13-17(15)18(21)11-14-5-7-16(22-2)8-6-14;/h5-10,12-13H,11H2,1-4H3;1H/q+1;/p-1. The number of aryl methyl sites for hydroxylation is 1. The predicted molar refractivity (Wildman–Crippen MR) is 94.0 cm³/mol. The van der Waals surface area contributed by atoms with Crippen molar-refractivity contribution in [1.82, 2.24) is 0 Å². The summed E-state index contributed by atoms with van der Waals surface area (Å²) in [4.78, 5) is 0. The molecule has 0 aliphatic heterocycles. The average molecular weight is 451 g/mol. The second kappa shape index (κ2) is 8.38. The third-order valence-electron chi connectivity index (χ3n) is 4.30. The lowest BCUT2D eigenvalue weighted by Gasteiger charge is -2.11. The van der Waals surface area contributed by atoms with Crippen molar-refractivity contribution in [2.24, 2.45) is 7.05 Å². The quantitative estimate of drug-likeness (QED) is 0.413. The Labute approximate surface area is 165 Å². The van der Waals surface area contributed by atoms with E-state index in [0.717, 1.165) is 34.4 Å². The fraction of sp³-hybridized carbons (Fsp3) is 0.250. The molecule has 4 nitrogen and oxygen atoms in total. The molecule has 3 rings (SSSR count). The molecule has 0 bridgehead atoms. The minimum atomic E-state index is 0. The van der Waals surface area contributed by atoms with Crippen LogP contribution in [0.15, 0.2) is 48.7 Å². The van der Waals surface area contributed by atoms with Crippen LogP contribution in [0.2, 0.25) is 0 Å². The smallest absolute Gasteiger partial charge is 0.193 e. The van der Waals surface area contributed by atoms with Gasteiger partial charge in [-0.3, -0.25) is 0 Å². The highest BCUT2D eigenvalue weighted by molar-refractivity contribution is 5.87. The van der Waals surface area contributed by atoms with Crippen molar-refractivity contribution in [1.29, 1.82) is 0 Å². The molecule has 25 heavy (non-hydrogen) atoms. The molecule has 5 heteroatoms. The third-order valence-corrected chi connectivity index (χ3v) is 4.30. The summed E-state index contributed by atoms with van der Waals surface area (Å²) in [5.41, 5.74) is 2.45. The van der Waals surface area contributed by atoms with E-state index < -0.39 is 0 Å². The molecule has 0 aliphatic carbocycles. The Kier molecular flexibility index (Phi) is 6.47. The molecule has 0 unspecified atom stereocenters. The molecule has 0 atom stereocenters. The fourth-order valence-electron chi connectivity index (χ4n) is 2.91. The number of hydrogen-bond acceptors (Lipinski definition) is 3. The zero-order chi connectivity index (χ0) is 17.1. The van der Waals surface area contributed by atoms with Gasteiger partial charge in [-0.15, -0.1) is 0 Å². The van der Waals surface area contributed by atoms with Gasteiger partial charge in [0, 0.05) is 6.07 Å². The molecule has 132 valence electrons. The molecule has 1 heterocycles. The van der Waals surface area contributed by atoms with Crippen LogP contribution >= 0.6 is 0 Å². The van der Waals surface area contributed by atoms with Gasteiger partial charge in [0.25, 0.3) is 0 Å². The number of halogens is 1. The molecule has 0 saturated heterocycles. The summed E-state index contributed by atoms with van der Waals surface area (Å²) in [6.45, 7) is 0. The highest BCUT2D eigenvalue weighted by Gasteiger charge is 2.16. The Bertz CT molecular complexity index is 863. The second-order valence-corrected chi connectivity index (χ2v) is 5.69. The SMILES string of the molecule is COc1ccc(Cc2c3cc(OC)c(OC)cc3cc[n+]2C)cc1.[I-]. The minimum absolute atomic E-state index is 0. The summed E-state index contributed by atoms with van der Waals surface area (Å²) in [6.07, 6.45) is 2.90. The molecule has 1 aromatic heterocycles. The number of ether oxygens (including phenoxy) is 3. The number of aromatic nitrogens is 1. The summed E-state index contributed by atoms with van der Waals surface area (Å²) in [6, 6.07) is 14.3. The van der Waals surface area contributed by atoms with Crippen LogP contribution < -0.4 is 42.8 Å². The van der Waals surface area contributed by atoms with Crippen molar-refractivity contribution in [2.75, 3.05) is 21.3 Å². The lowest BCUT2D eigenvalue weighted by atomic mass is 10.0. The maximum Gasteiger partial charge on any atom is 0.193 e. The first-order valence-electron chi connectivity index (χ1n) is 7.82. The largest absolute Gasteiger partial charge is 1.00 e. The number of pyridine rings is 1. The van der Waals surface area contributed by atoms with Crippen LogP contribution in [0, 0.1) is 0 Å². The van der Waals surface area contributed by atoms with Crippen LogP contribution in [0.1, 0.15) is 11.3 Å². The molecule has 2 aromatic carbocycles. The fourth-order valence-corrected chi connectivity index (χ4v) is 2.91. The molecular formula is C20H22INO3.